The van der Waals surface area contributed by atoms with Gasteiger partial charge in [0.05, 0.1) is 6.42 Å². The normalized spacial score (nSPS) is 11.9. The molecule has 2 heterocycles. The number of rotatable bonds is 13. The molecule has 0 spiro atoms. The summed E-state index contributed by atoms with van der Waals surface area (Å²) in [5.74, 6) is 1.35. The van der Waals surface area contributed by atoms with E-state index in [-0.39, 0.29) is 11.7 Å². The van der Waals surface area contributed by atoms with E-state index in [1.165, 1.54) is 0 Å². The second-order valence-corrected chi connectivity index (χ2v) is 8.27. The molecule has 0 bridgehead atoms. The quantitative estimate of drug-likeness (QED) is 0.305. The van der Waals surface area contributed by atoms with Crippen molar-refractivity contribution in [2.24, 2.45) is 0 Å². The van der Waals surface area contributed by atoms with Crippen LogP contribution in [0, 0.1) is 0 Å². The van der Waals surface area contributed by atoms with E-state index in [1.807, 2.05) is 48.5 Å². The van der Waals surface area contributed by atoms with Gasteiger partial charge in [0, 0.05) is 35.7 Å². The van der Waals surface area contributed by atoms with Gasteiger partial charge in [-0.15, -0.1) is 11.8 Å². The van der Waals surface area contributed by atoms with Crippen LogP contribution in [0.25, 0.3) is 0 Å². The van der Waals surface area contributed by atoms with Crippen molar-refractivity contribution in [3.05, 3.63) is 66.4 Å². The van der Waals surface area contributed by atoms with Gasteiger partial charge in [-0.3, -0.25) is 4.79 Å². The highest BCUT2D eigenvalue weighted by Gasteiger charge is 2.17. The number of pyridine rings is 1. The number of hydrogen-bond acceptors (Lipinski definition) is 7. The maximum atomic E-state index is 11.2. The smallest absolute Gasteiger partial charge is 0.304 e. The molecule has 0 saturated heterocycles. The zero-order valence-corrected chi connectivity index (χ0v) is 17.6. The number of aryl methyl sites for hydroxylation is 2. The van der Waals surface area contributed by atoms with Gasteiger partial charge in [-0.25, -0.2) is 4.98 Å². The second kappa shape index (κ2) is 12.0. The van der Waals surface area contributed by atoms with E-state index in [9.17, 15) is 9.90 Å². The molecule has 0 fully saturated rings. The minimum atomic E-state index is -0.797. The van der Waals surface area contributed by atoms with Gasteiger partial charge in [-0.05, 0) is 43.5 Å². The highest BCUT2D eigenvalue weighted by Crippen LogP contribution is 2.28. The van der Waals surface area contributed by atoms with Crippen molar-refractivity contribution in [3.63, 3.8) is 0 Å². The molecule has 2 N–H and O–H groups in total. The third-order valence-electron chi connectivity index (χ3n) is 4.44. The first-order valence-electron chi connectivity index (χ1n) is 10.1. The molecule has 158 valence electrons. The minimum Gasteiger partial charge on any atom is -0.481 e. The van der Waals surface area contributed by atoms with Gasteiger partial charge in [-0.2, -0.15) is 4.98 Å². The molecule has 1 atom stereocenters. The van der Waals surface area contributed by atoms with Crippen LogP contribution in [-0.2, 0) is 17.6 Å². The molecule has 0 aliphatic carbocycles. The molecule has 7 nitrogen and oxygen atoms in total. The summed E-state index contributed by atoms with van der Waals surface area (Å²) in [4.78, 5) is 21.0. The highest BCUT2D eigenvalue weighted by molar-refractivity contribution is 8.00. The van der Waals surface area contributed by atoms with Crippen LogP contribution in [0.4, 0.5) is 5.82 Å². The molecule has 0 aliphatic rings. The zero-order chi connectivity index (χ0) is 21.0. The predicted octanol–water partition coefficient (Wildman–Crippen LogP) is 4.47. The molecule has 0 radical (unpaired) electrons. The topological polar surface area (TPSA) is 101 Å². The number of anilines is 1. The van der Waals surface area contributed by atoms with E-state index in [0.29, 0.717) is 24.6 Å². The van der Waals surface area contributed by atoms with Crippen LogP contribution in [0.2, 0.25) is 0 Å². The van der Waals surface area contributed by atoms with Crippen molar-refractivity contribution in [2.75, 3.05) is 11.9 Å². The summed E-state index contributed by atoms with van der Waals surface area (Å²) in [6, 6.07) is 15.6. The molecular formula is C22H26N4O3S. The summed E-state index contributed by atoms with van der Waals surface area (Å²) >= 11 is 1.58. The maximum Gasteiger partial charge on any atom is 0.304 e. The van der Waals surface area contributed by atoms with Crippen molar-refractivity contribution in [1.29, 1.82) is 0 Å². The van der Waals surface area contributed by atoms with Crippen LogP contribution in [0.15, 0.2) is 64.1 Å². The summed E-state index contributed by atoms with van der Waals surface area (Å²) in [7, 11) is 0. The van der Waals surface area contributed by atoms with E-state index >= 15 is 0 Å². The van der Waals surface area contributed by atoms with Gasteiger partial charge in [0.1, 0.15) is 5.82 Å². The van der Waals surface area contributed by atoms with Crippen molar-refractivity contribution in [2.45, 2.75) is 48.7 Å². The van der Waals surface area contributed by atoms with Gasteiger partial charge in [-0.1, -0.05) is 29.4 Å². The number of carboxylic acids is 1. The number of hydrogen-bond donors (Lipinski definition) is 2. The minimum absolute atomic E-state index is 0.0436. The largest absolute Gasteiger partial charge is 0.481 e. The Kier molecular flexibility index (Phi) is 8.71. The number of unbranched alkanes of at least 4 members (excludes halogenated alkanes) is 1. The Hall–Kier alpha value is -2.87. The number of benzene rings is 1. The van der Waals surface area contributed by atoms with E-state index in [4.69, 9.17) is 4.52 Å². The van der Waals surface area contributed by atoms with Crippen LogP contribution in [0.5, 0.6) is 0 Å². The zero-order valence-electron chi connectivity index (χ0n) is 16.7. The number of aliphatic carboxylic acids is 1. The average Bonchev–Trinajstić information content (AvgIpc) is 3.21. The molecule has 0 aliphatic heterocycles. The lowest BCUT2D eigenvalue weighted by molar-refractivity contribution is -0.137. The predicted molar refractivity (Wildman–Crippen MR) is 117 cm³/mol. The standard InChI is InChI=1S/C22H26N4O3S/c27-22(28)16-18(30-17-8-2-1-3-9-17)12-13-21-25-20(26-29-21)11-5-7-15-24-19-10-4-6-14-23-19/h1-4,6,8-10,14,18H,5,7,11-13,15-16H2,(H,23,24)(H,27,28). The lowest BCUT2D eigenvalue weighted by atomic mass is 10.2. The molecule has 0 saturated carbocycles. The van der Waals surface area contributed by atoms with Gasteiger partial charge >= 0.3 is 5.97 Å². The van der Waals surface area contributed by atoms with Crippen molar-refractivity contribution in [3.8, 4) is 0 Å². The van der Waals surface area contributed by atoms with Crippen molar-refractivity contribution >= 4 is 23.5 Å². The molecule has 8 heteroatoms. The Bertz CT molecular complexity index is 890. The first-order valence-corrected chi connectivity index (χ1v) is 11.0. The summed E-state index contributed by atoms with van der Waals surface area (Å²) in [5, 5.41) is 16.5. The Balaban J connectivity index is 1.39. The van der Waals surface area contributed by atoms with E-state index in [1.54, 1.807) is 18.0 Å². The summed E-state index contributed by atoms with van der Waals surface area (Å²) in [6.07, 6.45) is 5.80. The number of nitrogens with one attached hydrogen (secondary N) is 1. The number of nitrogens with zero attached hydrogens (tertiary/aromatic N) is 3. The molecule has 30 heavy (non-hydrogen) atoms. The first-order chi connectivity index (χ1) is 14.7. The van der Waals surface area contributed by atoms with Crippen LogP contribution < -0.4 is 5.32 Å². The SMILES string of the molecule is O=C(O)CC(CCc1nc(CCCCNc2ccccn2)no1)Sc1ccccc1. The maximum absolute atomic E-state index is 11.2. The highest BCUT2D eigenvalue weighted by atomic mass is 32.2. The number of aromatic nitrogens is 3. The summed E-state index contributed by atoms with van der Waals surface area (Å²) < 4.78 is 5.35. The van der Waals surface area contributed by atoms with Crippen LogP contribution in [0.1, 0.15) is 37.4 Å². The fourth-order valence-electron chi connectivity index (χ4n) is 2.96. The van der Waals surface area contributed by atoms with Crippen LogP contribution >= 0.6 is 11.8 Å². The van der Waals surface area contributed by atoms with Crippen LogP contribution in [0.3, 0.4) is 0 Å². The van der Waals surface area contributed by atoms with Gasteiger partial charge in [0.15, 0.2) is 5.82 Å². The van der Waals surface area contributed by atoms with E-state index in [0.717, 1.165) is 36.5 Å². The Morgan fingerprint density at radius 2 is 1.93 bits per heavy atom. The molecule has 2 aromatic heterocycles. The monoisotopic (exact) mass is 426 g/mol. The lowest BCUT2D eigenvalue weighted by Crippen LogP contribution is -2.11. The Morgan fingerprint density at radius 3 is 2.70 bits per heavy atom. The third kappa shape index (κ3) is 7.87. The van der Waals surface area contributed by atoms with Crippen molar-refractivity contribution < 1.29 is 14.4 Å². The van der Waals surface area contributed by atoms with Gasteiger partial charge in [0.2, 0.25) is 5.89 Å². The third-order valence-corrected chi connectivity index (χ3v) is 5.72. The molecule has 0 amide bonds. The second-order valence-electron chi connectivity index (χ2n) is 6.89. The lowest BCUT2D eigenvalue weighted by Gasteiger charge is -2.13. The van der Waals surface area contributed by atoms with Gasteiger partial charge < -0.3 is 14.9 Å². The first kappa shape index (κ1) is 21.8. The molecule has 1 unspecified atom stereocenters. The van der Waals surface area contributed by atoms with E-state index in [2.05, 4.69) is 20.4 Å². The fraction of sp³-hybridized carbons (Fsp3) is 0.364. The molecular weight excluding hydrogens is 400 g/mol. The average molecular weight is 427 g/mol. The van der Waals surface area contributed by atoms with Crippen LogP contribution in [-0.4, -0.2) is 38.0 Å². The fourth-order valence-corrected chi connectivity index (χ4v) is 4.12. The summed E-state index contributed by atoms with van der Waals surface area (Å²) in [6.45, 7) is 0.843. The Labute approximate surface area is 180 Å². The summed E-state index contributed by atoms with van der Waals surface area (Å²) in [5.41, 5.74) is 0. The number of carboxylic acid groups (broad SMARTS) is 1. The molecule has 3 aromatic rings. The number of thioether (sulfide) groups is 1. The Morgan fingerprint density at radius 1 is 1.10 bits per heavy atom. The van der Waals surface area contributed by atoms with Crippen molar-refractivity contribution in [1.82, 2.24) is 15.1 Å². The molecule has 1 aromatic carbocycles. The molecule has 3 rings (SSSR count). The number of carbonyl (C=O) groups is 1. The van der Waals surface area contributed by atoms with Gasteiger partial charge in [0.25, 0.3) is 0 Å². The van der Waals surface area contributed by atoms with E-state index < -0.39 is 5.97 Å².